The number of hydrogen-bond acceptors (Lipinski definition) is 6. The summed E-state index contributed by atoms with van der Waals surface area (Å²) >= 11 is 8.46. The van der Waals surface area contributed by atoms with Crippen LogP contribution in [-0.4, -0.2) is 15.0 Å². The second-order valence-corrected chi connectivity index (χ2v) is 5.97. The lowest BCUT2D eigenvalue weighted by atomic mass is 10.3. The molecule has 0 spiro atoms. The summed E-state index contributed by atoms with van der Waals surface area (Å²) in [5.41, 5.74) is 0.0487. The van der Waals surface area contributed by atoms with Gasteiger partial charge >= 0.3 is 0 Å². The monoisotopic (exact) mass is 302 g/mol. The van der Waals surface area contributed by atoms with Crippen LogP contribution < -0.4 is 0 Å². The van der Waals surface area contributed by atoms with Crippen LogP contribution in [0.5, 0.6) is 0 Å². The van der Waals surface area contributed by atoms with Crippen molar-refractivity contribution in [3.05, 3.63) is 44.4 Å². The summed E-state index contributed by atoms with van der Waals surface area (Å²) in [4.78, 5) is 15.6. The summed E-state index contributed by atoms with van der Waals surface area (Å²) in [7, 11) is 0. The fourth-order valence-corrected chi connectivity index (χ4v) is 3.46. The first-order chi connectivity index (χ1) is 8.60. The van der Waals surface area contributed by atoms with Gasteiger partial charge in [0.2, 0.25) is 0 Å². The van der Waals surface area contributed by atoms with Gasteiger partial charge in [-0.15, -0.1) is 11.3 Å². The zero-order valence-electron chi connectivity index (χ0n) is 8.87. The number of rotatable bonds is 4. The molecule has 18 heavy (non-hydrogen) atoms. The van der Waals surface area contributed by atoms with Gasteiger partial charge in [-0.1, -0.05) is 23.4 Å². The number of non-ortho nitro benzene ring substituents is 1. The minimum Gasteiger partial charge on any atom is -0.391 e. The molecule has 0 aliphatic carbocycles. The lowest BCUT2D eigenvalue weighted by Gasteiger charge is -1.96. The van der Waals surface area contributed by atoms with Crippen LogP contribution >= 0.6 is 34.7 Å². The van der Waals surface area contributed by atoms with E-state index in [9.17, 15) is 10.1 Å². The molecule has 1 aromatic heterocycles. The Morgan fingerprint density at radius 2 is 2.11 bits per heavy atom. The third-order valence-corrected chi connectivity index (χ3v) is 4.56. The van der Waals surface area contributed by atoms with E-state index in [4.69, 9.17) is 16.7 Å². The van der Waals surface area contributed by atoms with Crippen molar-refractivity contribution in [3.63, 3.8) is 0 Å². The van der Waals surface area contributed by atoms with Gasteiger partial charge in [0, 0.05) is 17.0 Å². The molecule has 2 aromatic rings. The average molecular weight is 303 g/mol. The van der Waals surface area contributed by atoms with Crippen LogP contribution in [0.2, 0.25) is 5.15 Å². The standard InChI is InChI=1S/C10H7ClN2O3S2/c11-9-8(5-14)18-10(12-9)17-7-3-1-6(2-4-7)13(15)16/h1-4,14H,5H2. The van der Waals surface area contributed by atoms with Crippen molar-refractivity contribution in [2.75, 3.05) is 0 Å². The normalized spacial score (nSPS) is 10.6. The number of nitrogens with zero attached hydrogens (tertiary/aromatic N) is 2. The second-order valence-electron chi connectivity index (χ2n) is 3.20. The topological polar surface area (TPSA) is 76.3 Å². The molecule has 5 nitrogen and oxygen atoms in total. The smallest absolute Gasteiger partial charge is 0.269 e. The Hall–Kier alpha value is -1.15. The van der Waals surface area contributed by atoms with Crippen LogP contribution in [0.25, 0.3) is 0 Å². The van der Waals surface area contributed by atoms with E-state index >= 15 is 0 Å². The van der Waals surface area contributed by atoms with E-state index in [1.54, 1.807) is 12.1 Å². The zero-order chi connectivity index (χ0) is 13.1. The molecule has 0 atom stereocenters. The molecule has 8 heteroatoms. The number of nitro groups is 1. The molecular weight excluding hydrogens is 296 g/mol. The lowest BCUT2D eigenvalue weighted by molar-refractivity contribution is -0.384. The van der Waals surface area contributed by atoms with Crippen molar-refractivity contribution in [2.24, 2.45) is 0 Å². The fourth-order valence-electron chi connectivity index (χ4n) is 1.19. The number of nitro benzene ring substituents is 1. The predicted molar refractivity (Wildman–Crippen MR) is 70.3 cm³/mol. The summed E-state index contributed by atoms with van der Waals surface area (Å²) in [6.45, 7) is -0.142. The minimum absolute atomic E-state index is 0.0487. The highest BCUT2D eigenvalue weighted by molar-refractivity contribution is 8.01. The summed E-state index contributed by atoms with van der Waals surface area (Å²) in [5.74, 6) is 0. The van der Waals surface area contributed by atoms with Gasteiger partial charge in [-0.3, -0.25) is 10.1 Å². The third-order valence-electron chi connectivity index (χ3n) is 2.03. The predicted octanol–water partition coefficient (Wildman–Crippen LogP) is 3.35. The van der Waals surface area contributed by atoms with Crippen LogP contribution in [0, 0.1) is 10.1 Å². The number of thiazole rings is 1. The molecule has 0 radical (unpaired) electrons. The van der Waals surface area contributed by atoms with Crippen molar-refractivity contribution < 1.29 is 10.0 Å². The molecule has 0 saturated heterocycles. The van der Waals surface area contributed by atoms with Gasteiger partial charge in [0.15, 0.2) is 4.34 Å². The van der Waals surface area contributed by atoms with Crippen molar-refractivity contribution in [2.45, 2.75) is 15.8 Å². The molecule has 0 bridgehead atoms. The Labute approximate surface area is 116 Å². The van der Waals surface area contributed by atoms with E-state index < -0.39 is 4.92 Å². The number of hydrogen-bond donors (Lipinski definition) is 1. The third kappa shape index (κ3) is 2.99. The molecule has 0 unspecified atom stereocenters. The van der Waals surface area contributed by atoms with Crippen LogP contribution in [0.3, 0.4) is 0 Å². The molecule has 0 aliphatic rings. The van der Waals surface area contributed by atoms with E-state index in [0.717, 1.165) is 4.90 Å². The highest BCUT2D eigenvalue weighted by atomic mass is 35.5. The van der Waals surface area contributed by atoms with Crippen molar-refractivity contribution in [3.8, 4) is 0 Å². The summed E-state index contributed by atoms with van der Waals surface area (Å²) in [5, 5.41) is 19.8. The molecule has 94 valence electrons. The Balaban J connectivity index is 2.15. The molecule has 1 N–H and O–H groups in total. The molecular formula is C10H7ClN2O3S2. The largest absolute Gasteiger partial charge is 0.391 e. The maximum absolute atomic E-state index is 10.5. The van der Waals surface area contributed by atoms with E-state index in [1.807, 2.05) is 0 Å². The highest BCUT2D eigenvalue weighted by Crippen LogP contribution is 2.35. The number of aromatic nitrogens is 1. The van der Waals surface area contributed by atoms with Crippen LogP contribution in [0.4, 0.5) is 5.69 Å². The van der Waals surface area contributed by atoms with E-state index in [0.29, 0.717) is 14.4 Å². The first-order valence-electron chi connectivity index (χ1n) is 4.78. The molecule has 0 amide bonds. The van der Waals surface area contributed by atoms with E-state index in [-0.39, 0.29) is 12.3 Å². The van der Waals surface area contributed by atoms with E-state index in [2.05, 4.69) is 4.98 Å². The first kappa shape index (κ1) is 13.3. The van der Waals surface area contributed by atoms with Crippen molar-refractivity contribution in [1.29, 1.82) is 0 Å². The first-order valence-corrected chi connectivity index (χ1v) is 6.79. The number of halogens is 1. The Kier molecular flexibility index (Phi) is 4.18. The maximum atomic E-state index is 10.5. The summed E-state index contributed by atoms with van der Waals surface area (Å²) < 4.78 is 0.693. The van der Waals surface area contributed by atoms with E-state index in [1.165, 1.54) is 35.2 Å². The van der Waals surface area contributed by atoms with Gasteiger partial charge in [-0.2, -0.15) is 0 Å². The fraction of sp³-hybridized carbons (Fsp3) is 0.100. The van der Waals surface area contributed by atoms with Gasteiger partial charge in [-0.25, -0.2) is 4.98 Å². The number of benzene rings is 1. The Morgan fingerprint density at radius 1 is 1.44 bits per heavy atom. The average Bonchev–Trinajstić information content (AvgIpc) is 2.70. The highest BCUT2D eigenvalue weighted by Gasteiger charge is 2.10. The molecule has 2 rings (SSSR count). The number of aliphatic hydroxyl groups excluding tert-OH is 1. The zero-order valence-corrected chi connectivity index (χ0v) is 11.3. The summed E-state index contributed by atoms with van der Waals surface area (Å²) in [6, 6.07) is 6.17. The SMILES string of the molecule is O=[N+]([O-])c1ccc(Sc2nc(Cl)c(CO)s2)cc1. The van der Waals surface area contributed by atoms with Crippen molar-refractivity contribution >= 4 is 40.4 Å². The lowest BCUT2D eigenvalue weighted by Crippen LogP contribution is -1.86. The van der Waals surface area contributed by atoms with Gasteiger partial charge in [0.25, 0.3) is 5.69 Å². The Bertz CT molecular complexity index is 571. The van der Waals surface area contributed by atoms with Gasteiger partial charge < -0.3 is 5.11 Å². The minimum atomic E-state index is -0.446. The summed E-state index contributed by atoms with van der Waals surface area (Å²) in [6.07, 6.45) is 0. The van der Waals surface area contributed by atoms with Gasteiger partial charge in [0.1, 0.15) is 5.15 Å². The van der Waals surface area contributed by atoms with Crippen LogP contribution in [-0.2, 0) is 6.61 Å². The molecule has 0 aliphatic heterocycles. The second kappa shape index (κ2) is 5.66. The molecule has 0 fully saturated rings. The molecule has 1 heterocycles. The van der Waals surface area contributed by atoms with Gasteiger partial charge in [-0.05, 0) is 12.1 Å². The molecule has 1 aromatic carbocycles. The van der Waals surface area contributed by atoms with Gasteiger partial charge in [0.05, 0.1) is 16.4 Å². The maximum Gasteiger partial charge on any atom is 0.269 e. The molecule has 0 saturated carbocycles. The quantitative estimate of drug-likeness (QED) is 0.692. The van der Waals surface area contributed by atoms with Crippen molar-refractivity contribution in [1.82, 2.24) is 4.98 Å². The number of aliphatic hydroxyl groups is 1. The Morgan fingerprint density at radius 3 is 2.61 bits per heavy atom. The van der Waals surface area contributed by atoms with Crippen LogP contribution in [0.1, 0.15) is 4.88 Å². The van der Waals surface area contributed by atoms with Crippen LogP contribution in [0.15, 0.2) is 33.5 Å².